The number of benzene rings is 7. The summed E-state index contributed by atoms with van der Waals surface area (Å²) in [6, 6.07) is 46.5. The Kier molecular flexibility index (Phi) is 7.47. The van der Waals surface area contributed by atoms with E-state index in [9.17, 15) is 0 Å². The van der Waals surface area contributed by atoms with E-state index in [0.717, 1.165) is 35.3 Å². The minimum Gasteiger partial charge on any atom is -0.485 e. The molecule has 0 bridgehead atoms. The van der Waals surface area contributed by atoms with E-state index in [0.29, 0.717) is 0 Å². The molecule has 1 heteroatoms. The zero-order valence-electron chi connectivity index (χ0n) is 29.6. The van der Waals surface area contributed by atoms with Crippen LogP contribution in [-0.2, 0) is 6.42 Å². The van der Waals surface area contributed by atoms with Gasteiger partial charge in [-0.3, -0.25) is 0 Å². The summed E-state index contributed by atoms with van der Waals surface area (Å²) in [5, 5.41) is 4.89. The van der Waals surface area contributed by atoms with E-state index in [1.54, 1.807) is 0 Å². The van der Waals surface area contributed by atoms with Crippen LogP contribution in [0.15, 0.2) is 165 Å². The van der Waals surface area contributed by atoms with Crippen LogP contribution in [0.2, 0.25) is 0 Å². The minimum atomic E-state index is -0.0147. The van der Waals surface area contributed by atoms with Crippen LogP contribution >= 0.6 is 0 Å². The second kappa shape index (κ2) is 12.7. The molecule has 0 spiro atoms. The summed E-state index contributed by atoms with van der Waals surface area (Å²) in [4.78, 5) is 0. The van der Waals surface area contributed by atoms with Crippen LogP contribution in [0, 0.1) is 0 Å². The monoisotopic (exact) mass is 678 g/mol. The third-order valence-electron chi connectivity index (χ3n) is 11.4. The molecule has 7 aromatic carbocycles. The second-order valence-corrected chi connectivity index (χ2v) is 14.4. The fourth-order valence-electron chi connectivity index (χ4n) is 8.78. The molecule has 1 nitrogen and oxygen atoms in total. The van der Waals surface area contributed by atoms with E-state index in [-0.39, 0.29) is 12.0 Å². The normalized spacial score (nSPS) is 16.8. The zero-order chi connectivity index (χ0) is 35.5. The number of hydrogen-bond donors (Lipinski definition) is 0. The lowest BCUT2D eigenvalue weighted by atomic mass is 9.79. The molecular weight excluding hydrogens is 641 g/mol. The van der Waals surface area contributed by atoms with Crippen molar-refractivity contribution in [3.63, 3.8) is 0 Å². The Hall–Kier alpha value is -6.44. The Labute approximate surface area is 311 Å². The molecule has 0 saturated heterocycles. The lowest BCUT2D eigenvalue weighted by Crippen LogP contribution is -2.17. The summed E-state index contributed by atoms with van der Waals surface area (Å²) in [7, 11) is 0. The van der Waals surface area contributed by atoms with Gasteiger partial charge in [-0.15, -0.1) is 0 Å². The standard InChI is InChI=1S/C52H38O/c1-3-43-44(4-2)52(42-25-27-49-46(31-42)47-29-38-16-10-11-17-39(38)32-50(47)53-49)48-30-41(33-12-6-5-7-13-33)24-26-45(48)51(43)36-21-18-35(19-22-36)40-23-20-34-14-8-9-15-37(34)28-40/h3-10,12-16,18-32,46,49H,1-2,11,17H2. The van der Waals surface area contributed by atoms with E-state index in [1.165, 1.54) is 77.2 Å². The van der Waals surface area contributed by atoms with Gasteiger partial charge in [-0.05, 0) is 131 Å². The molecule has 0 saturated carbocycles. The number of fused-ring (bicyclic) bond motifs is 6. The molecule has 0 amide bonds. The Morgan fingerprint density at radius 1 is 0.585 bits per heavy atom. The molecule has 252 valence electrons. The maximum Gasteiger partial charge on any atom is 0.128 e. The van der Waals surface area contributed by atoms with Crippen molar-refractivity contribution in [1.29, 1.82) is 0 Å². The third-order valence-corrected chi connectivity index (χ3v) is 11.4. The van der Waals surface area contributed by atoms with Crippen LogP contribution in [0.1, 0.15) is 45.7 Å². The van der Waals surface area contributed by atoms with Gasteiger partial charge in [0.1, 0.15) is 11.9 Å². The number of hydrogen-bond acceptors (Lipinski definition) is 1. The minimum absolute atomic E-state index is 0.0147. The molecular formula is C52H38O. The largest absolute Gasteiger partial charge is 0.485 e. The molecule has 1 heterocycles. The van der Waals surface area contributed by atoms with Gasteiger partial charge in [-0.2, -0.15) is 0 Å². The maximum absolute atomic E-state index is 6.57. The van der Waals surface area contributed by atoms with Crippen molar-refractivity contribution in [3.05, 3.63) is 198 Å². The molecule has 2 unspecified atom stereocenters. The van der Waals surface area contributed by atoms with Crippen LogP contribution in [-0.4, -0.2) is 6.10 Å². The van der Waals surface area contributed by atoms with Gasteiger partial charge in [0.15, 0.2) is 0 Å². The van der Waals surface area contributed by atoms with Crippen molar-refractivity contribution >= 4 is 45.3 Å². The Balaban J connectivity index is 1.16. The average Bonchev–Trinajstić information content (AvgIpc) is 3.58. The van der Waals surface area contributed by atoms with Crippen molar-refractivity contribution in [2.24, 2.45) is 0 Å². The Morgan fingerprint density at radius 2 is 1.28 bits per heavy atom. The highest BCUT2D eigenvalue weighted by Crippen LogP contribution is 2.49. The Morgan fingerprint density at radius 3 is 2.11 bits per heavy atom. The highest BCUT2D eigenvalue weighted by atomic mass is 16.5. The summed E-state index contributed by atoms with van der Waals surface area (Å²) >= 11 is 0. The molecule has 0 N–H and O–H groups in total. The average molecular weight is 679 g/mol. The zero-order valence-corrected chi connectivity index (χ0v) is 29.6. The van der Waals surface area contributed by atoms with E-state index in [2.05, 4.69) is 171 Å². The van der Waals surface area contributed by atoms with Crippen LogP contribution in [0.4, 0.5) is 0 Å². The molecule has 1 aliphatic heterocycles. The fourth-order valence-corrected chi connectivity index (χ4v) is 8.78. The van der Waals surface area contributed by atoms with E-state index < -0.39 is 0 Å². The van der Waals surface area contributed by atoms with Gasteiger partial charge in [0.2, 0.25) is 0 Å². The fraction of sp³-hybridized carbons (Fsp3) is 0.0769. The van der Waals surface area contributed by atoms with Gasteiger partial charge < -0.3 is 4.74 Å². The van der Waals surface area contributed by atoms with Gasteiger partial charge in [0.25, 0.3) is 0 Å². The van der Waals surface area contributed by atoms with Crippen LogP contribution < -0.4 is 4.74 Å². The van der Waals surface area contributed by atoms with Crippen molar-refractivity contribution in [2.45, 2.75) is 24.9 Å². The smallest absolute Gasteiger partial charge is 0.128 e. The van der Waals surface area contributed by atoms with Crippen LogP contribution in [0.25, 0.3) is 78.7 Å². The van der Waals surface area contributed by atoms with Gasteiger partial charge >= 0.3 is 0 Å². The molecule has 53 heavy (non-hydrogen) atoms. The van der Waals surface area contributed by atoms with Crippen molar-refractivity contribution in [3.8, 4) is 39.1 Å². The third kappa shape index (κ3) is 5.23. The topological polar surface area (TPSA) is 9.23 Å². The van der Waals surface area contributed by atoms with E-state index >= 15 is 0 Å². The molecule has 10 rings (SSSR count). The van der Waals surface area contributed by atoms with Gasteiger partial charge in [0.05, 0.1) is 0 Å². The first-order valence-corrected chi connectivity index (χ1v) is 18.6. The van der Waals surface area contributed by atoms with E-state index in [1.807, 2.05) is 12.2 Å². The number of ether oxygens (including phenoxy) is 1. The van der Waals surface area contributed by atoms with Crippen molar-refractivity contribution < 1.29 is 4.74 Å². The molecule has 0 radical (unpaired) electrons. The molecule has 7 aromatic rings. The number of rotatable bonds is 6. The van der Waals surface area contributed by atoms with Crippen molar-refractivity contribution in [2.75, 3.05) is 0 Å². The molecule has 2 aliphatic carbocycles. The first-order chi connectivity index (χ1) is 26.2. The second-order valence-electron chi connectivity index (χ2n) is 14.4. The molecule has 2 atom stereocenters. The quantitative estimate of drug-likeness (QED) is 0.170. The van der Waals surface area contributed by atoms with Gasteiger partial charge in [-0.1, -0.05) is 153 Å². The molecule has 3 aliphatic rings. The number of aryl methyl sites for hydroxylation is 1. The van der Waals surface area contributed by atoms with Crippen LogP contribution in [0.5, 0.6) is 5.75 Å². The Bertz CT molecular complexity index is 2720. The van der Waals surface area contributed by atoms with Crippen molar-refractivity contribution in [1.82, 2.24) is 0 Å². The highest BCUT2D eigenvalue weighted by Gasteiger charge is 2.35. The van der Waals surface area contributed by atoms with E-state index in [4.69, 9.17) is 4.74 Å². The van der Waals surface area contributed by atoms with Gasteiger partial charge in [0, 0.05) is 11.5 Å². The van der Waals surface area contributed by atoms with Gasteiger partial charge in [-0.25, -0.2) is 0 Å². The maximum atomic E-state index is 6.57. The lowest BCUT2D eigenvalue weighted by Gasteiger charge is -2.24. The predicted molar refractivity (Wildman–Crippen MR) is 226 cm³/mol. The first kappa shape index (κ1) is 31.3. The summed E-state index contributed by atoms with van der Waals surface area (Å²) in [5.41, 5.74) is 15.6. The summed E-state index contributed by atoms with van der Waals surface area (Å²) in [5.74, 6) is 1.15. The molecule has 0 aromatic heterocycles. The summed E-state index contributed by atoms with van der Waals surface area (Å²) in [6.45, 7) is 8.81. The number of allylic oxidation sites excluding steroid dienone is 3. The summed E-state index contributed by atoms with van der Waals surface area (Å²) in [6.07, 6.45) is 17.7. The first-order valence-electron chi connectivity index (χ1n) is 18.6. The molecule has 0 fully saturated rings. The SMILES string of the molecule is C=Cc1c(C=C)c(-c2ccc(-c3ccc4ccccc4c3)cc2)c2ccc(-c3ccccc3)cc2c1C1=CC2c3cc4c(cc3OC2C=C1)CCC=C4. The predicted octanol–water partition coefficient (Wildman–Crippen LogP) is 13.7. The highest BCUT2D eigenvalue weighted by molar-refractivity contribution is 6.11. The summed E-state index contributed by atoms with van der Waals surface area (Å²) < 4.78 is 6.57. The van der Waals surface area contributed by atoms with Crippen LogP contribution in [0.3, 0.4) is 0 Å². The lowest BCUT2D eigenvalue weighted by molar-refractivity contribution is 0.269.